The fourth-order valence-corrected chi connectivity index (χ4v) is 2.39. The molecule has 0 bridgehead atoms. The highest BCUT2D eigenvalue weighted by Gasteiger charge is 2.20. The summed E-state index contributed by atoms with van der Waals surface area (Å²) >= 11 is 0. The fraction of sp³-hybridized carbons (Fsp3) is 0.0588. The van der Waals surface area contributed by atoms with Crippen molar-refractivity contribution in [2.45, 2.75) is 0 Å². The molecule has 0 saturated heterocycles. The minimum atomic E-state index is -0.457. The highest BCUT2D eigenvalue weighted by atomic mass is 16.6. The Kier molecular flexibility index (Phi) is 4.07. The standard InChI is InChI=1S/C17H14N4O3/c1-18-17(22)15-10-19-14-8-7-12(21(23)24)9-13(14)16(20-15)11-5-3-2-4-6-11/h2-10,19H,1H3,(H,18,22). The van der Waals surface area contributed by atoms with Crippen molar-refractivity contribution in [2.24, 2.45) is 4.99 Å². The third-order valence-corrected chi connectivity index (χ3v) is 3.57. The summed E-state index contributed by atoms with van der Waals surface area (Å²) in [7, 11) is 1.52. The molecular formula is C17H14N4O3. The van der Waals surface area contributed by atoms with Crippen molar-refractivity contribution in [1.82, 2.24) is 5.32 Å². The van der Waals surface area contributed by atoms with E-state index in [-0.39, 0.29) is 17.3 Å². The molecule has 1 aliphatic heterocycles. The number of non-ortho nitro benzene ring substituents is 1. The van der Waals surface area contributed by atoms with E-state index in [1.54, 1.807) is 6.07 Å². The van der Waals surface area contributed by atoms with Gasteiger partial charge < -0.3 is 10.6 Å². The Morgan fingerprint density at radius 1 is 1.21 bits per heavy atom. The van der Waals surface area contributed by atoms with E-state index in [4.69, 9.17) is 0 Å². The van der Waals surface area contributed by atoms with Crippen LogP contribution in [0, 0.1) is 10.1 Å². The predicted octanol–water partition coefficient (Wildman–Crippen LogP) is 2.45. The summed E-state index contributed by atoms with van der Waals surface area (Å²) in [4.78, 5) is 27.1. The van der Waals surface area contributed by atoms with Crippen LogP contribution in [0.25, 0.3) is 0 Å². The number of fused-ring (bicyclic) bond motifs is 1. The highest BCUT2D eigenvalue weighted by Crippen LogP contribution is 2.28. The van der Waals surface area contributed by atoms with Gasteiger partial charge in [0.2, 0.25) is 0 Å². The van der Waals surface area contributed by atoms with Gasteiger partial charge in [0.1, 0.15) is 5.70 Å². The van der Waals surface area contributed by atoms with Crippen molar-refractivity contribution in [1.29, 1.82) is 0 Å². The molecule has 0 radical (unpaired) electrons. The van der Waals surface area contributed by atoms with E-state index in [9.17, 15) is 14.9 Å². The zero-order valence-corrected chi connectivity index (χ0v) is 12.8. The van der Waals surface area contributed by atoms with E-state index in [1.807, 2.05) is 30.3 Å². The van der Waals surface area contributed by atoms with Crippen molar-refractivity contribution in [2.75, 3.05) is 12.4 Å². The molecule has 0 fully saturated rings. The number of nitro groups is 1. The topological polar surface area (TPSA) is 96.6 Å². The number of nitrogens with one attached hydrogen (secondary N) is 2. The first-order chi connectivity index (χ1) is 11.6. The van der Waals surface area contributed by atoms with Crippen molar-refractivity contribution >= 4 is 23.0 Å². The molecule has 0 aliphatic carbocycles. The molecule has 2 aromatic carbocycles. The number of carbonyl (C=O) groups is 1. The molecule has 0 unspecified atom stereocenters. The smallest absolute Gasteiger partial charge is 0.271 e. The van der Waals surface area contributed by atoms with Crippen LogP contribution >= 0.6 is 0 Å². The van der Waals surface area contributed by atoms with E-state index in [0.29, 0.717) is 17.0 Å². The lowest BCUT2D eigenvalue weighted by Crippen LogP contribution is -2.20. The van der Waals surface area contributed by atoms with E-state index in [1.165, 1.54) is 25.4 Å². The average Bonchev–Trinajstić information content (AvgIpc) is 2.81. The summed E-state index contributed by atoms with van der Waals surface area (Å²) in [6, 6.07) is 13.7. The Morgan fingerprint density at radius 2 is 1.96 bits per heavy atom. The third-order valence-electron chi connectivity index (χ3n) is 3.57. The van der Waals surface area contributed by atoms with Crippen molar-refractivity contribution in [3.05, 3.63) is 81.7 Å². The number of rotatable bonds is 3. The number of hydrogen-bond acceptors (Lipinski definition) is 5. The molecular weight excluding hydrogens is 308 g/mol. The summed E-state index contributed by atoms with van der Waals surface area (Å²) in [6.45, 7) is 0. The number of nitrogens with zero attached hydrogens (tertiary/aromatic N) is 2. The lowest BCUT2D eigenvalue weighted by Gasteiger charge is -2.10. The number of nitro benzene ring substituents is 1. The number of likely N-dealkylation sites (N-methyl/N-ethyl adjacent to an activating group) is 1. The quantitative estimate of drug-likeness (QED) is 0.670. The van der Waals surface area contributed by atoms with Crippen LogP contribution < -0.4 is 10.6 Å². The molecule has 0 atom stereocenters. The van der Waals surface area contributed by atoms with Gasteiger partial charge in [0.15, 0.2) is 0 Å². The van der Waals surface area contributed by atoms with Crippen LogP contribution in [0.2, 0.25) is 0 Å². The van der Waals surface area contributed by atoms with Crippen molar-refractivity contribution in [3.63, 3.8) is 0 Å². The average molecular weight is 322 g/mol. The number of hydrogen-bond donors (Lipinski definition) is 2. The zero-order chi connectivity index (χ0) is 17.1. The Labute approximate surface area is 137 Å². The minimum Gasteiger partial charge on any atom is -0.359 e. The van der Waals surface area contributed by atoms with Crippen LogP contribution in [-0.4, -0.2) is 23.6 Å². The first kappa shape index (κ1) is 15.4. The Balaban J connectivity index is 2.22. The maximum atomic E-state index is 12.0. The zero-order valence-electron chi connectivity index (χ0n) is 12.8. The molecule has 0 saturated carbocycles. The Bertz CT molecular complexity index is 873. The van der Waals surface area contributed by atoms with Gasteiger partial charge in [-0.15, -0.1) is 0 Å². The molecule has 0 aromatic heterocycles. The van der Waals surface area contributed by atoms with Crippen molar-refractivity contribution in [3.8, 4) is 0 Å². The highest BCUT2D eigenvalue weighted by molar-refractivity contribution is 6.18. The van der Waals surface area contributed by atoms with Gasteiger partial charge in [-0.2, -0.15) is 0 Å². The van der Waals surface area contributed by atoms with Crippen LogP contribution in [0.15, 0.2) is 65.4 Å². The number of aliphatic imine (C=N–C) groups is 1. The molecule has 120 valence electrons. The molecule has 7 heteroatoms. The van der Waals surface area contributed by atoms with E-state index < -0.39 is 4.92 Å². The van der Waals surface area contributed by atoms with Crippen LogP contribution in [0.1, 0.15) is 11.1 Å². The predicted molar refractivity (Wildman–Crippen MR) is 90.9 cm³/mol. The van der Waals surface area contributed by atoms with Crippen molar-refractivity contribution < 1.29 is 9.72 Å². The van der Waals surface area contributed by atoms with Gasteiger partial charge in [0.25, 0.3) is 11.6 Å². The molecule has 24 heavy (non-hydrogen) atoms. The van der Waals surface area contributed by atoms with Gasteiger partial charge in [-0.1, -0.05) is 30.3 Å². The first-order valence-electron chi connectivity index (χ1n) is 7.22. The first-order valence-corrected chi connectivity index (χ1v) is 7.22. The second kappa shape index (κ2) is 6.33. The maximum absolute atomic E-state index is 12.0. The van der Waals surface area contributed by atoms with Crippen LogP contribution in [0.3, 0.4) is 0 Å². The van der Waals surface area contributed by atoms with E-state index >= 15 is 0 Å². The number of anilines is 1. The summed E-state index contributed by atoms with van der Waals surface area (Å²) in [6.07, 6.45) is 1.49. The Hall–Kier alpha value is -3.48. The Morgan fingerprint density at radius 3 is 2.62 bits per heavy atom. The largest absolute Gasteiger partial charge is 0.359 e. The third kappa shape index (κ3) is 2.87. The maximum Gasteiger partial charge on any atom is 0.271 e. The normalized spacial score (nSPS) is 12.9. The molecule has 2 N–H and O–H groups in total. The van der Waals surface area contributed by atoms with Gasteiger partial charge in [-0.05, 0) is 6.07 Å². The molecule has 1 amide bonds. The monoisotopic (exact) mass is 322 g/mol. The van der Waals surface area contributed by atoms with Crippen LogP contribution in [0.5, 0.6) is 0 Å². The number of carbonyl (C=O) groups excluding carboxylic acids is 1. The lowest BCUT2D eigenvalue weighted by molar-refractivity contribution is -0.384. The van der Waals surface area contributed by atoms with Gasteiger partial charge in [-0.25, -0.2) is 4.99 Å². The molecule has 2 aromatic rings. The second-order valence-corrected chi connectivity index (χ2v) is 5.07. The van der Waals surface area contributed by atoms with E-state index in [2.05, 4.69) is 15.6 Å². The van der Waals surface area contributed by atoms with E-state index in [0.717, 1.165) is 5.56 Å². The number of amides is 1. The van der Waals surface area contributed by atoms with Gasteiger partial charge >= 0.3 is 0 Å². The van der Waals surface area contributed by atoms with Crippen LogP contribution in [0.4, 0.5) is 11.4 Å². The number of benzene rings is 2. The van der Waals surface area contributed by atoms with Gasteiger partial charge in [-0.3, -0.25) is 14.9 Å². The molecule has 0 spiro atoms. The minimum absolute atomic E-state index is 0.0393. The second-order valence-electron chi connectivity index (χ2n) is 5.07. The molecule has 7 nitrogen and oxygen atoms in total. The lowest BCUT2D eigenvalue weighted by atomic mass is 10.00. The molecule has 1 aliphatic rings. The molecule has 3 rings (SSSR count). The summed E-state index contributed by atoms with van der Waals surface area (Å²) in [5.74, 6) is -0.349. The fourth-order valence-electron chi connectivity index (χ4n) is 2.39. The molecule has 1 heterocycles. The summed E-state index contributed by atoms with van der Waals surface area (Å²) < 4.78 is 0. The summed E-state index contributed by atoms with van der Waals surface area (Å²) in [5, 5.41) is 16.6. The van der Waals surface area contributed by atoms with Gasteiger partial charge in [0.05, 0.1) is 10.6 Å². The summed E-state index contributed by atoms with van der Waals surface area (Å²) in [5.41, 5.74) is 2.61. The van der Waals surface area contributed by atoms with Gasteiger partial charge in [0, 0.05) is 42.2 Å². The SMILES string of the molecule is CNC(=O)C1=CNc2ccc([N+](=O)[O-])cc2C(c2ccccc2)=N1. The van der Waals surface area contributed by atoms with Crippen LogP contribution in [-0.2, 0) is 4.79 Å².